The number of aliphatic carboxylic acids is 1. The van der Waals surface area contributed by atoms with Gasteiger partial charge < -0.3 is 15.4 Å². The number of nitrogens with one attached hydrogen (secondary N) is 2. The monoisotopic (exact) mass is 509 g/mol. The molecule has 0 aliphatic carbocycles. The van der Waals surface area contributed by atoms with Crippen molar-refractivity contribution >= 4 is 64.5 Å². The number of aromatic amines is 1. The molecule has 1 aromatic heterocycles. The number of amidine groups is 1. The first kappa shape index (κ1) is 26.0. The van der Waals surface area contributed by atoms with E-state index in [2.05, 4.69) is 60.9 Å². The van der Waals surface area contributed by atoms with Gasteiger partial charge in [0.2, 0.25) is 0 Å². The summed E-state index contributed by atoms with van der Waals surface area (Å²) < 4.78 is 0.614. The van der Waals surface area contributed by atoms with Crippen LogP contribution in [0, 0.1) is 0 Å². The molecule has 2 rings (SSSR count). The zero-order valence-corrected chi connectivity index (χ0v) is 19.5. The summed E-state index contributed by atoms with van der Waals surface area (Å²) in [5.41, 5.74) is 1.91. The molecule has 0 aliphatic rings. The number of benzene rings is 1. The molecule has 0 bridgehead atoms. The summed E-state index contributed by atoms with van der Waals surface area (Å²) in [4.78, 5) is 18.3. The number of carbonyl (C=O) groups is 1. The van der Waals surface area contributed by atoms with Gasteiger partial charge in [-0.25, -0.2) is 9.78 Å². The van der Waals surface area contributed by atoms with Crippen LogP contribution >= 0.6 is 11.8 Å². The average molecular weight is 510 g/mol. The van der Waals surface area contributed by atoms with Crippen LogP contribution in [0.2, 0.25) is 0 Å². The molecule has 160 valence electrons. The van der Waals surface area contributed by atoms with E-state index in [0.29, 0.717) is 15.8 Å². The molecule has 0 aliphatic heterocycles. The van der Waals surface area contributed by atoms with E-state index in [4.69, 9.17) is 0 Å². The van der Waals surface area contributed by atoms with Crippen LogP contribution < -0.4 is 5.32 Å². The summed E-state index contributed by atoms with van der Waals surface area (Å²) >= 11 is 7.99. The Morgan fingerprint density at radius 1 is 1.30 bits per heavy atom. The number of carboxylic acids is 1. The minimum atomic E-state index is -1.03. The van der Waals surface area contributed by atoms with Crippen molar-refractivity contribution in [2.45, 2.75) is 12.5 Å². The molecular weight excluding hydrogens is 489 g/mol. The standard InChI is InChI=1S/C17H19N7O2S3.Ni/c1-29-17(28)24-20-9-14(11-5-3-2-4-6-11)22-23-16(27)21-13(15(25)26)7-12-8-18-10-19-12;/h2-6,8-10,13H,7H2,1H3,(H,18,19)(H,24,28)(H,25,26)(H2,21,23,27);/q;+2/p+2. The first-order valence-corrected chi connectivity index (χ1v) is 10.5. The van der Waals surface area contributed by atoms with Crippen LogP contribution in [-0.4, -0.2) is 54.8 Å². The molecule has 9 nitrogen and oxygen atoms in total. The molecule has 1 unspecified atom stereocenters. The van der Waals surface area contributed by atoms with E-state index in [9.17, 15) is 9.90 Å². The third-order valence-electron chi connectivity index (χ3n) is 3.44. The molecule has 1 heterocycles. The van der Waals surface area contributed by atoms with Crippen LogP contribution in [0.5, 0.6) is 0 Å². The SMILES string of the molecule is CSC([SH2+])=NN=CC(=N/N=C(\[SH2+])NC(Cc1cnc[nH]1)C(=O)O)c1ccccc1.[Ni+2]. The van der Waals surface area contributed by atoms with E-state index in [1.54, 1.807) is 6.20 Å². The van der Waals surface area contributed by atoms with Gasteiger partial charge in [0.25, 0.3) is 4.38 Å². The van der Waals surface area contributed by atoms with Gasteiger partial charge in [0.15, 0.2) is 0 Å². The minimum absolute atomic E-state index is 0. The van der Waals surface area contributed by atoms with E-state index < -0.39 is 12.0 Å². The Balaban J connectivity index is 0.00000450. The minimum Gasteiger partial charge on any atom is -0.480 e. The van der Waals surface area contributed by atoms with Crippen molar-refractivity contribution in [3.63, 3.8) is 0 Å². The summed E-state index contributed by atoms with van der Waals surface area (Å²) in [6, 6.07) is 8.39. The van der Waals surface area contributed by atoms with Crippen LogP contribution in [0.1, 0.15) is 11.3 Å². The number of thioether (sulfide) groups is 1. The van der Waals surface area contributed by atoms with Gasteiger partial charge in [0.05, 0.1) is 12.5 Å². The Hall–Kier alpha value is -2.08. The average Bonchev–Trinajstić information content (AvgIpc) is 3.23. The maximum atomic E-state index is 11.5. The summed E-state index contributed by atoms with van der Waals surface area (Å²) in [7, 11) is 0. The molecular formula is C17H21N7NiO2S3+4. The van der Waals surface area contributed by atoms with Crippen LogP contribution in [0.4, 0.5) is 0 Å². The molecule has 1 atom stereocenters. The maximum Gasteiger partial charge on any atom is 2.00 e. The van der Waals surface area contributed by atoms with Crippen molar-refractivity contribution in [2.75, 3.05) is 6.26 Å². The topological polar surface area (TPSA) is 127 Å². The predicted octanol–water partition coefficient (Wildman–Crippen LogP) is 0.481. The number of aromatic nitrogens is 2. The van der Waals surface area contributed by atoms with Gasteiger partial charge >= 0.3 is 27.6 Å². The largest absolute Gasteiger partial charge is 2.00 e. The van der Waals surface area contributed by atoms with Crippen molar-refractivity contribution in [3.8, 4) is 0 Å². The molecule has 0 saturated carbocycles. The van der Waals surface area contributed by atoms with Crippen molar-refractivity contribution < 1.29 is 26.4 Å². The summed E-state index contributed by atoms with van der Waals surface area (Å²) in [5, 5.41) is 28.5. The molecule has 0 radical (unpaired) electrons. The Morgan fingerprint density at radius 2 is 2.03 bits per heavy atom. The van der Waals surface area contributed by atoms with E-state index in [1.165, 1.54) is 24.3 Å². The number of imidazole rings is 1. The molecule has 3 N–H and O–H groups in total. The number of carboxylic acid groups (broad SMARTS) is 1. The predicted molar refractivity (Wildman–Crippen MR) is 127 cm³/mol. The third-order valence-corrected chi connectivity index (χ3v) is 4.86. The first-order chi connectivity index (χ1) is 14.0. The summed E-state index contributed by atoms with van der Waals surface area (Å²) in [5.74, 6) is -1.03. The quantitative estimate of drug-likeness (QED) is 0.157. The molecule has 2 aromatic rings. The Labute approximate surface area is 198 Å². The van der Waals surface area contributed by atoms with Gasteiger partial charge in [-0.05, 0) is 6.26 Å². The number of nitrogens with zero attached hydrogens (tertiary/aromatic N) is 5. The summed E-state index contributed by atoms with van der Waals surface area (Å²) in [6.07, 6.45) is 6.59. The molecule has 0 saturated heterocycles. The van der Waals surface area contributed by atoms with Crippen molar-refractivity contribution in [2.24, 2.45) is 20.4 Å². The van der Waals surface area contributed by atoms with Gasteiger partial charge in [-0.3, -0.25) is 0 Å². The van der Waals surface area contributed by atoms with E-state index in [1.807, 2.05) is 36.6 Å². The fraction of sp³-hybridized carbons (Fsp3) is 0.176. The second-order valence-corrected chi connectivity index (χ2v) is 7.57. The first-order valence-electron chi connectivity index (χ1n) is 8.25. The number of hydrogen-bond donors (Lipinski definition) is 3. The smallest absolute Gasteiger partial charge is 0.480 e. The van der Waals surface area contributed by atoms with E-state index >= 15 is 0 Å². The molecule has 13 heteroatoms. The Bertz CT molecular complexity index is 919. The fourth-order valence-corrected chi connectivity index (χ4v) is 2.47. The number of H-pyrrole nitrogens is 1. The molecule has 0 fully saturated rings. The Kier molecular flexibility index (Phi) is 12.1. The molecule has 30 heavy (non-hydrogen) atoms. The normalized spacial score (nSPS) is 13.8. The van der Waals surface area contributed by atoms with Gasteiger partial charge in [-0.2, -0.15) is 5.10 Å². The van der Waals surface area contributed by atoms with Gasteiger partial charge in [-0.15, -0.1) is 5.10 Å². The second kappa shape index (κ2) is 14.0. The Morgan fingerprint density at radius 3 is 2.63 bits per heavy atom. The van der Waals surface area contributed by atoms with Gasteiger partial charge in [0.1, 0.15) is 11.8 Å². The molecule has 0 amide bonds. The van der Waals surface area contributed by atoms with Crippen LogP contribution in [0.15, 0.2) is 63.3 Å². The van der Waals surface area contributed by atoms with Crippen LogP contribution in [0.25, 0.3) is 0 Å². The van der Waals surface area contributed by atoms with Crippen LogP contribution in [-0.2, 0) is 53.0 Å². The molecule has 1 aromatic carbocycles. The molecule has 0 spiro atoms. The number of hydrogen-bond acceptors (Lipinski definition) is 7. The van der Waals surface area contributed by atoms with Crippen molar-refractivity contribution in [3.05, 3.63) is 54.1 Å². The van der Waals surface area contributed by atoms with Crippen molar-refractivity contribution in [1.29, 1.82) is 0 Å². The fourth-order valence-electron chi connectivity index (χ4n) is 2.06. The third kappa shape index (κ3) is 9.16. The zero-order chi connectivity index (χ0) is 21.1. The van der Waals surface area contributed by atoms with E-state index in [-0.39, 0.29) is 28.1 Å². The summed E-state index contributed by atoms with van der Waals surface area (Å²) in [6.45, 7) is 0. The zero-order valence-electron chi connectivity index (χ0n) is 15.7. The van der Waals surface area contributed by atoms with Crippen LogP contribution in [0.3, 0.4) is 0 Å². The van der Waals surface area contributed by atoms with Gasteiger partial charge in [-0.1, -0.05) is 52.3 Å². The second-order valence-electron chi connectivity index (χ2n) is 5.47. The van der Waals surface area contributed by atoms with E-state index in [0.717, 1.165) is 5.56 Å². The van der Waals surface area contributed by atoms with Gasteiger partial charge in [0, 0.05) is 49.1 Å². The maximum absolute atomic E-state index is 11.5. The number of rotatable bonds is 8. The van der Waals surface area contributed by atoms with Crippen molar-refractivity contribution in [1.82, 2.24) is 15.3 Å².